The van der Waals surface area contributed by atoms with E-state index in [9.17, 15) is 0 Å². The summed E-state index contributed by atoms with van der Waals surface area (Å²) in [5.74, 6) is 0.968. The summed E-state index contributed by atoms with van der Waals surface area (Å²) in [6.45, 7) is 2.36. The first-order chi connectivity index (χ1) is 7.42. The summed E-state index contributed by atoms with van der Waals surface area (Å²) in [4.78, 5) is 8.22. The molecule has 15 heavy (non-hydrogen) atoms. The number of nitrogens with two attached hydrogens (primary N) is 1. The van der Waals surface area contributed by atoms with Crippen LogP contribution in [-0.4, -0.2) is 29.7 Å². The molecule has 4 nitrogen and oxygen atoms in total. The molecule has 1 saturated heterocycles. The van der Waals surface area contributed by atoms with E-state index in [0.29, 0.717) is 18.4 Å². The van der Waals surface area contributed by atoms with E-state index in [2.05, 4.69) is 9.97 Å². The maximum absolute atomic E-state index is 5.83. The third-order valence-corrected chi connectivity index (χ3v) is 3.07. The van der Waals surface area contributed by atoms with E-state index in [0.717, 1.165) is 31.7 Å². The lowest BCUT2D eigenvalue weighted by Gasteiger charge is -2.28. The molecule has 0 saturated carbocycles. The lowest BCUT2D eigenvalue weighted by atomic mass is 9.84. The molecule has 0 spiro atoms. The van der Waals surface area contributed by atoms with Gasteiger partial charge in [0.2, 0.25) is 0 Å². The number of aromatic nitrogens is 2. The summed E-state index contributed by atoms with van der Waals surface area (Å²) in [6, 6.07) is 1.97. The SMILES string of the molecule is NCC(c1ccncn1)C1CCOCC1. The summed E-state index contributed by atoms with van der Waals surface area (Å²) < 4.78 is 5.36. The van der Waals surface area contributed by atoms with Gasteiger partial charge in [0, 0.05) is 37.6 Å². The molecule has 2 heterocycles. The van der Waals surface area contributed by atoms with Crippen molar-refractivity contribution in [3.63, 3.8) is 0 Å². The minimum Gasteiger partial charge on any atom is -0.381 e. The highest BCUT2D eigenvalue weighted by molar-refractivity contribution is 5.08. The van der Waals surface area contributed by atoms with Gasteiger partial charge in [0.05, 0.1) is 0 Å². The van der Waals surface area contributed by atoms with E-state index in [1.54, 1.807) is 12.5 Å². The lowest BCUT2D eigenvalue weighted by molar-refractivity contribution is 0.0582. The molecular formula is C11H17N3O. The zero-order valence-electron chi connectivity index (χ0n) is 8.80. The quantitative estimate of drug-likeness (QED) is 0.801. The second-order valence-corrected chi connectivity index (χ2v) is 3.93. The van der Waals surface area contributed by atoms with Gasteiger partial charge in [-0.25, -0.2) is 9.97 Å². The minimum atomic E-state index is 0.358. The molecule has 2 N–H and O–H groups in total. The van der Waals surface area contributed by atoms with Gasteiger partial charge in [-0.1, -0.05) is 0 Å². The highest BCUT2D eigenvalue weighted by atomic mass is 16.5. The van der Waals surface area contributed by atoms with Crippen molar-refractivity contribution < 1.29 is 4.74 Å². The molecule has 0 amide bonds. The van der Waals surface area contributed by atoms with Crippen molar-refractivity contribution in [2.75, 3.05) is 19.8 Å². The molecule has 0 aliphatic carbocycles. The Balaban J connectivity index is 2.09. The largest absolute Gasteiger partial charge is 0.381 e. The van der Waals surface area contributed by atoms with Crippen LogP contribution in [0.4, 0.5) is 0 Å². The van der Waals surface area contributed by atoms with Gasteiger partial charge in [-0.15, -0.1) is 0 Å². The van der Waals surface area contributed by atoms with Crippen molar-refractivity contribution in [3.8, 4) is 0 Å². The minimum absolute atomic E-state index is 0.358. The van der Waals surface area contributed by atoms with Crippen molar-refractivity contribution in [2.24, 2.45) is 11.7 Å². The van der Waals surface area contributed by atoms with Gasteiger partial charge in [-0.2, -0.15) is 0 Å². The Hall–Kier alpha value is -1.00. The first-order valence-electron chi connectivity index (χ1n) is 5.45. The van der Waals surface area contributed by atoms with Crippen molar-refractivity contribution >= 4 is 0 Å². The fourth-order valence-electron chi connectivity index (χ4n) is 2.19. The van der Waals surface area contributed by atoms with Crippen molar-refractivity contribution in [1.29, 1.82) is 0 Å². The predicted octanol–water partition coefficient (Wildman–Crippen LogP) is 0.946. The second kappa shape index (κ2) is 5.19. The maximum atomic E-state index is 5.83. The Morgan fingerprint density at radius 1 is 1.47 bits per heavy atom. The third kappa shape index (κ3) is 2.52. The molecular weight excluding hydrogens is 190 g/mol. The fourth-order valence-corrected chi connectivity index (χ4v) is 2.19. The van der Waals surface area contributed by atoms with E-state index < -0.39 is 0 Å². The summed E-state index contributed by atoms with van der Waals surface area (Å²) in [6.07, 6.45) is 5.55. The van der Waals surface area contributed by atoms with Crippen molar-refractivity contribution in [1.82, 2.24) is 9.97 Å². The standard InChI is InChI=1S/C11H17N3O/c12-7-10(9-2-5-15-6-3-9)11-1-4-13-8-14-11/h1,4,8-10H,2-3,5-7,12H2. The average Bonchev–Trinajstić information content (AvgIpc) is 2.33. The van der Waals surface area contributed by atoms with E-state index in [1.807, 2.05) is 6.07 Å². The Morgan fingerprint density at radius 3 is 2.87 bits per heavy atom. The number of rotatable bonds is 3. The summed E-state index contributed by atoms with van der Waals surface area (Å²) in [5, 5.41) is 0. The van der Waals surface area contributed by atoms with Gasteiger partial charge in [0.15, 0.2) is 0 Å². The van der Waals surface area contributed by atoms with Crippen molar-refractivity contribution in [3.05, 3.63) is 24.3 Å². The van der Waals surface area contributed by atoms with Crippen LogP contribution in [0.15, 0.2) is 18.6 Å². The summed E-state index contributed by atoms with van der Waals surface area (Å²) >= 11 is 0. The Labute approximate surface area is 89.9 Å². The molecule has 2 rings (SSSR count). The molecule has 82 valence electrons. The topological polar surface area (TPSA) is 61.0 Å². The number of hydrogen-bond donors (Lipinski definition) is 1. The zero-order chi connectivity index (χ0) is 10.5. The molecule has 4 heteroatoms. The normalized spacial score (nSPS) is 20.1. The number of hydrogen-bond acceptors (Lipinski definition) is 4. The Kier molecular flexibility index (Phi) is 3.64. The van der Waals surface area contributed by atoms with Crippen LogP contribution in [-0.2, 0) is 4.74 Å². The fraction of sp³-hybridized carbons (Fsp3) is 0.636. The number of ether oxygens (including phenoxy) is 1. The van der Waals surface area contributed by atoms with Crippen LogP contribution in [0.5, 0.6) is 0 Å². The number of nitrogens with zero attached hydrogens (tertiary/aromatic N) is 2. The van der Waals surface area contributed by atoms with E-state index in [1.165, 1.54) is 0 Å². The highest BCUT2D eigenvalue weighted by Crippen LogP contribution is 2.29. The summed E-state index contributed by atoms with van der Waals surface area (Å²) in [5.41, 5.74) is 6.90. The van der Waals surface area contributed by atoms with Crippen LogP contribution in [0, 0.1) is 5.92 Å². The monoisotopic (exact) mass is 207 g/mol. The second-order valence-electron chi connectivity index (χ2n) is 3.93. The van der Waals surface area contributed by atoms with Gasteiger partial charge >= 0.3 is 0 Å². The van der Waals surface area contributed by atoms with Gasteiger partial charge in [-0.3, -0.25) is 0 Å². The molecule has 0 aromatic carbocycles. The lowest BCUT2D eigenvalue weighted by Crippen LogP contribution is -2.27. The Bertz CT molecular complexity index is 285. The van der Waals surface area contributed by atoms with Crippen molar-refractivity contribution in [2.45, 2.75) is 18.8 Å². The smallest absolute Gasteiger partial charge is 0.115 e. The molecule has 1 unspecified atom stereocenters. The first-order valence-corrected chi connectivity index (χ1v) is 5.45. The summed E-state index contributed by atoms with van der Waals surface area (Å²) in [7, 11) is 0. The van der Waals surface area contributed by atoms with Crippen LogP contribution in [0.1, 0.15) is 24.5 Å². The van der Waals surface area contributed by atoms with Gasteiger partial charge in [-0.05, 0) is 24.8 Å². The van der Waals surface area contributed by atoms with Crippen LogP contribution in [0.25, 0.3) is 0 Å². The third-order valence-electron chi connectivity index (χ3n) is 3.07. The molecule has 0 bridgehead atoms. The van der Waals surface area contributed by atoms with E-state index >= 15 is 0 Å². The molecule has 1 aliphatic heterocycles. The van der Waals surface area contributed by atoms with Crippen LogP contribution in [0.3, 0.4) is 0 Å². The average molecular weight is 207 g/mol. The molecule has 1 aromatic rings. The predicted molar refractivity (Wildman–Crippen MR) is 57.4 cm³/mol. The highest BCUT2D eigenvalue weighted by Gasteiger charge is 2.24. The van der Waals surface area contributed by atoms with Gasteiger partial charge in [0.25, 0.3) is 0 Å². The molecule has 1 fully saturated rings. The van der Waals surface area contributed by atoms with Crippen LogP contribution in [0.2, 0.25) is 0 Å². The first kappa shape index (κ1) is 10.5. The van der Waals surface area contributed by atoms with E-state index in [4.69, 9.17) is 10.5 Å². The molecule has 1 aliphatic rings. The van der Waals surface area contributed by atoms with Gasteiger partial charge in [0.1, 0.15) is 6.33 Å². The van der Waals surface area contributed by atoms with Crippen LogP contribution < -0.4 is 5.73 Å². The molecule has 1 aromatic heterocycles. The van der Waals surface area contributed by atoms with Gasteiger partial charge < -0.3 is 10.5 Å². The Morgan fingerprint density at radius 2 is 2.27 bits per heavy atom. The molecule has 1 atom stereocenters. The van der Waals surface area contributed by atoms with Crippen LogP contribution >= 0.6 is 0 Å². The zero-order valence-corrected chi connectivity index (χ0v) is 8.80. The van der Waals surface area contributed by atoms with E-state index in [-0.39, 0.29) is 0 Å². The molecule has 0 radical (unpaired) electrons. The maximum Gasteiger partial charge on any atom is 0.115 e.